The molecule has 4 heteroatoms. The van der Waals surface area contributed by atoms with Gasteiger partial charge in [-0.15, -0.1) is 0 Å². The van der Waals surface area contributed by atoms with Crippen LogP contribution in [0.25, 0.3) is 10.9 Å². The Morgan fingerprint density at radius 2 is 2.11 bits per heavy atom. The number of aromatic amines is 1. The molecule has 19 heavy (non-hydrogen) atoms. The summed E-state index contributed by atoms with van der Waals surface area (Å²) in [5.74, 6) is 0.888. The number of aryl methyl sites for hydroxylation is 2. The Morgan fingerprint density at radius 3 is 2.79 bits per heavy atom. The van der Waals surface area contributed by atoms with E-state index in [0.29, 0.717) is 6.54 Å². The van der Waals surface area contributed by atoms with Crippen LogP contribution in [0.5, 0.6) is 5.75 Å². The number of ether oxygens (including phenoxy) is 1. The van der Waals surface area contributed by atoms with E-state index in [2.05, 4.69) is 24.0 Å². The number of H-pyrrole nitrogens is 1. The van der Waals surface area contributed by atoms with Crippen LogP contribution < -0.4 is 16.2 Å². The van der Waals surface area contributed by atoms with Crippen molar-refractivity contribution in [3.05, 3.63) is 29.5 Å². The fourth-order valence-electron chi connectivity index (χ4n) is 2.50. The van der Waals surface area contributed by atoms with Crippen LogP contribution in [0.3, 0.4) is 0 Å². The monoisotopic (exact) mass is 261 g/mol. The van der Waals surface area contributed by atoms with Gasteiger partial charge in [-0.1, -0.05) is 0 Å². The largest absolute Gasteiger partial charge is 0.497 e. The van der Waals surface area contributed by atoms with Gasteiger partial charge in [0.05, 0.1) is 7.11 Å². The summed E-state index contributed by atoms with van der Waals surface area (Å²) < 4.78 is 5.30. The quantitative estimate of drug-likeness (QED) is 0.745. The van der Waals surface area contributed by atoms with Gasteiger partial charge in [-0.25, -0.2) is 0 Å². The number of benzene rings is 1. The minimum absolute atomic E-state index is 0.181. The van der Waals surface area contributed by atoms with Crippen LogP contribution in [0.2, 0.25) is 0 Å². The predicted octanol–water partition coefficient (Wildman–Crippen LogP) is 2.09. The summed E-state index contributed by atoms with van der Waals surface area (Å²) in [5.41, 5.74) is 15.3. The van der Waals surface area contributed by atoms with Gasteiger partial charge in [0.15, 0.2) is 0 Å². The van der Waals surface area contributed by atoms with Crippen LogP contribution in [-0.4, -0.2) is 24.7 Å². The molecule has 1 heterocycles. The Morgan fingerprint density at radius 1 is 1.32 bits per heavy atom. The highest BCUT2D eigenvalue weighted by Crippen LogP contribution is 2.27. The van der Waals surface area contributed by atoms with Gasteiger partial charge in [0.2, 0.25) is 0 Å². The maximum Gasteiger partial charge on any atom is 0.119 e. The van der Waals surface area contributed by atoms with Gasteiger partial charge in [-0.05, 0) is 56.5 Å². The lowest BCUT2D eigenvalue weighted by molar-refractivity contribution is 0.415. The van der Waals surface area contributed by atoms with Gasteiger partial charge in [0.25, 0.3) is 0 Å². The van der Waals surface area contributed by atoms with Crippen molar-refractivity contribution in [1.29, 1.82) is 0 Å². The molecule has 1 unspecified atom stereocenters. The van der Waals surface area contributed by atoms with E-state index in [1.54, 1.807) is 7.11 Å². The molecule has 1 aromatic carbocycles. The predicted molar refractivity (Wildman–Crippen MR) is 79.6 cm³/mol. The van der Waals surface area contributed by atoms with Crippen molar-refractivity contribution in [2.45, 2.75) is 32.2 Å². The van der Waals surface area contributed by atoms with Crippen LogP contribution in [0.15, 0.2) is 18.2 Å². The number of aromatic nitrogens is 1. The first-order valence-corrected chi connectivity index (χ1v) is 6.76. The van der Waals surface area contributed by atoms with E-state index in [4.69, 9.17) is 16.2 Å². The Balaban J connectivity index is 2.23. The first-order valence-electron chi connectivity index (χ1n) is 6.76. The molecule has 0 radical (unpaired) electrons. The van der Waals surface area contributed by atoms with Crippen LogP contribution in [0.4, 0.5) is 0 Å². The third kappa shape index (κ3) is 3.08. The third-order valence-electron chi connectivity index (χ3n) is 3.63. The van der Waals surface area contributed by atoms with Gasteiger partial charge >= 0.3 is 0 Å². The van der Waals surface area contributed by atoms with Crippen LogP contribution in [0, 0.1) is 6.92 Å². The second-order valence-corrected chi connectivity index (χ2v) is 5.02. The highest BCUT2D eigenvalue weighted by Gasteiger charge is 2.11. The molecule has 0 spiro atoms. The lowest BCUT2D eigenvalue weighted by atomic mass is 10.0. The molecule has 1 aromatic heterocycles. The number of fused-ring (bicyclic) bond motifs is 1. The van der Waals surface area contributed by atoms with Crippen molar-refractivity contribution in [1.82, 2.24) is 4.98 Å². The maximum absolute atomic E-state index is 6.04. The second kappa shape index (κ2) is 6.08. The van der Waals surface area contributed by atoms with Gasteiger partial charge in [0, 0.05) is 22.6 Å². The van der Waals surface area contributed by atoms with Crippen LogP contribution in [0.1, 0.15) is 24.1 Å². The topological polar surface area (TPSA) is 77.1 Å². The number of nitrogens with two attached hydrogens (primary N) is 2. The summed E-state index contributed by atoms with van der Waals surface area (Å²) in [5, 5.41) is 1.23. The highest BCUT2D eigenvalue weighted by atomic mass is 16.5. The zero-order valence-corrected chi connectivity index (χ0v) is 11.7. The molecule has 0 saturated heterocycles. The Hall–Kier alpha value is -1.52. The second-order valence-electron chi connectivity index (χ2n) is 5.02. The van der Waals surface area contributed by atoms with Gasteiger partial charge < -0.3 is 21.2 Å². The molecule has 5 N–H and O–H groups in total. The molecule has 0 bridgehead atoms. The van der Waals surface area contributed by atoms with Crippen LogP contribution in [-0.2, 0) is 6.42 Å². The van der Waals surface area contributed by atoms with Gasteiger partial charge in [-0.3, -0.25) is 0 Å². The summed E-state index contributed by atoms with van der Waals surface area (Å²) in [6.07, 6.45) is 2.81. The van der Waals surface area contributed by atoms with Crippen molar-refractivity contribution in [2.75, 3.05) is 13.7 Å². The summed E-state index contributed by atoms with van der Waals surface area (Å²) in [4.78, 5) is 3.41. The third-order valence-corrected chi connectivity index (χ3v) is 3.63. The zero-order valence-electron chi connectivity index (χ0n) is 11.7. The molecule has 1 atom stereocenters. The van der Waals surface area contributed by atoms with E-state index in [1.807, 2.05) is 6.07 Å². The Bertz CT molecular complexity index is 548. The highest BCUT2D eigenvalue weighted by molar-refractivity contribution is 5.86. The molecule has 2 rings (SSSR count). The lowest BCUT2D eigenvalue weighted by Crippen LogP contribution is -2.24. The molecule has 104 valence electrons. The van der Waals surface area contributed by atoms with Crippen molar-refractivity contribution in [2.24, 2.45) is 11.5 Å². The van der Waals surface area contributed by atoms with Crippen molar-refractivity contribution < 1.29 is 4.74 Å². The Labute approximate surface area is 114 Å². The van der Waals surface area contributed by atoms with E-state index in [0.717, 1.165) is 30.5 Å². The smallest absolute Gasteiger partial charge is 0.119 e. The maximum atomic E-state index is 6.04. The molecule has 0 saturated carbocycles. The van der Waals surface area contributed by atoms with E-state index in [1.165, 1.54) is 16.6 Å². The van der Waals surface area contributed by atoms with E-state index < -0.39 is 0 Å². The number of methoxy groups -OCH3 is 1. The molecular weight excluding hydrogens is 238 g/mol. The fraction of sp³-hybridized carbons (Fsp3) is 0.467. The lowest BCUT2D eigenvalue weighted by Gasteiger charge is -2.10. The van der Waals surface area contributed by atoms with Crippen LogP contribution >= 0.6 is 0 Å². The number of nitrogens with one attached hydrogen (secondary N) is 1. The van der Waals surface area contributed by atoms with Crippen molar-refractivity contribution >= 4 is 10.9 Å². The molecule has 0 aliphatic heterocycles. The normalized spacial score (nSPS) is 12.8. The van der Waals surface area contributed by atoms with Gasteiger partial charge in [0.1, 0.15) is 5.75 Å². The number of hydrogen-bond acceptors (Lipinski definition) is 3. The average Bonchev–Trinajstić information content (AvgIpc) is 2.71. The number of rotatable bonds is 6. The summed E-state index contributed by atoms with van der Waals surface area (Å²) >= 11 is 0. The minimum Gasteiger partial charge on any atom is -0.497 e. The minimum atomic E-state index is 0.181. The SMILES string of the molecule is COc1ccc2[nH]c(C)c(CCC(N)CCN)c2c1. The van der Waals surface area contributed by atoms with E-state index >= 15 is 0 Å². The molecule has 0 fully saturated rings. The molecule has 0 aliphatic rings. The zero-order chi connectivity index (χ0) is 13.8. The first kappa shape index (κ1) is 13.9. The van der Waals surface area contributed by atoms with Crippen molar-refractivity contribution in [3.8, 4) is 5.75 Å². The Kier molecular flexibility index (Phi) is 4.45. The molecular formula is C15H23N3O. The molecule has 0 aliphatic carbocycles. The molecule has 2 aromatic rings. The standard InChI is InChI=1S/C15H23N3O/c1-10-13(5-3-11(17)7-8-16)14-9-12(19-2)4-6-15(14)18-10/h4,6,9,11,18H,3,5,7-8,16-17H2,1-2H3. The van der Waals surface area contributed by atoms with E-state index in [-0.39, 0.29) is 6.04 Å². The molecule has 0 amide bonds. The van der Waals surface area contributed by atoms with Gasteiger partial charge in [-0.2, -0.15) is 0 Å². The van der Waals surface area contributed by atoms with E-state index in [9.17, 15) is 0 Å². The summed E-state index contributed by atoms with van der Waals surface area (Å²) in [6.45, 7) is 2.76. The summed E-state index contributed by atoms with van der Waals surface area (Å²) in [6, 6.07) is 6.30. The molecule has 4 nitrogen and oxygen atoms in total. The first-order chi connectivity index (χ1) is 9.15. The average molecular weight is 261 g/mol. The van der Waals surface area contributed by atoms with Crippen molar-refractivity contribution in [3.63, 3.8) is 0 Å². The number of hydrogen-bond donors (Lipinski definition) is 3. The fourth-order valence-corrected chi connectivity index (χ4v) is 2.50. The summed E-state index contributed by atoms with van der Waals surface area (Å²) in [7, 11) is 1.69.